The van der Waals surface area contributed by atoms with E-state index in [0.717, 1.165) is 0 Å². The van der Waals surface area contributed by atoms with Crippen LogP contribution in [0.4, 0.5) is 13.2 Å². The Bertz CT molecular complexity index is 501. The van der Waals surface area contributed by atoms with Crippen LogP contribution in [0.15, 0.2) is 0 Å². The number of carbonyl (C=O) groups is 1. The van der Waals surface area contributed by atoms with Crippen LogP contribution < -0.4 is 0 Å². The summed E-state index contributed by atoms with van der Waals surface area (Å²) in [5, 5.41) is 9.92. The largest absolute Gasteiger partial charge is 0.462 e. The maximum absolute atomic E-state index is 13.0. The Morgan fingerprint density at radius 2 is 1.95 bits per heavy atom. The van der Waals surface area contributed by atoms with Gasteiger partial charge in [0.1, 0.15) is 16.0 Å². The molecule has 1 atom stereocenters. The molecule has 9 heteroatoms. The number of hydrogen-bond acceptors (Lipinski definition) is 6. The Labute approximate surface area is 130 Å². The lowest BCUT2D eigenvalue weighted by Gasteiger charge is -2.20. The van der Waals surface area contributed by atoms with Crippen molar-refractivity contribution in [1.29, 1.82) is 0 Å². The third-order valence-electron chi connectivity index (χ3n) is 2.98. The number of alkyl halides is 3. The fraction of sp³-hybridized carbons (Fsp3) is 0.692. The first-order chi connectivity index (χ1) is 10.2. The number of halogens is 3. The van der Waals surface area contributed by atoms with Gasteiger partial charge >= 0.3 is 12.1 Å². The maximum Gasteiger partial charge on any atom is 0.435 e. The minimum atomic E-state index is -4.77. The van der Waals surface area contributed by atoms with E-state index in [4.69, 9.17) is 0 Å². The summed E-state index contributed by atoms with van der Waals surface area (Å²) in [4.78, 5) is 16.3. The van der Waals surface area contributed by atoms with Crippen LogP contribution in [0.5, 0.6) is 0 Å². The second kappa shape index (κ2) is 7.89. The predicted octanol–water partition coefficient (Wildman–Crippen LogP) is 2.71. The third-order valence-corrected chi connectivity index (χ3v) is 4.12. The van der Waals surface area contributed by atoms with Crippen molar-refractivity contribution in [3.05, 3.63) is 15.6 Å². The summed E-state index contributed by atoms with van der Waals surface area (Å²) in [6, 6.07) is 0. The number of nitrogens with zero attached hydrogens (tertiary/aromatic N) is 2. The van der Waals surface area contributed by atoms with Crippen LogP contribution in [-0.4, -0.2) is 47.2 Å². The number of rotatable bonds is 7. The molecule has 0 aromatic carbocycles. The van der Waals surface area contributed by atoms with E-state index in [0.29, 0.717) is 24.4 Å². The highest BCUT2D eigenvalue weighted by atomic mass is 32.1. The van der Waals surface area contributed by atoms with Gasteiger partial charge in [-0.15, -0.1) is 11.3 Å². The lowest BCUT2D eigenvalue weighted by molar-refractivity contribution is -0.141. The molecule has 0 radical (unpaired) electrons. The molecule has 0 aliphatic carbocycles. The topological polar surface area (TPSA) is 62.7 Å². The standard InChI is InChI=1S/C13H19F3N2O3S/c1-4-18(5-2)7-8(19)11-17-10(13(14,15)16)9(22-11)12(20)21-6-3/h8,19H,4-7H2,1-3H3. The molecule has 1 unspecified atom stereocenters. The molecule has 5 nitrogen and oxygen atoms in total. The van der Waals surface area contributed by atoms with Gasteiger partial charge < -0.3 is 14.7 Å². The van der Waals surface area contributed by atoms with Gasteiger partial charge in [0.05, 0.1) is 6.61 Å². The zero-order chi connectivity index (χ0) is 16.9. The number of hydrogen-bond donors (Lipinski definition) is 1. The van der Waals surface area contributed by atoms with E-state index in [1.807, 2.05) is 18.7 Å². The van der Waals surface area contributed by atoms with Gasteiger partial charge in [-0.25, -0.2) is 9.78 Å². The molecule has 1 aromatic rings. The lowest BCUT2D eigenvalue weighted by atomic mass is 10.3. The number of aliphatic hydroxyl groups excluding tert-OH is 1. The monoisotopic (exact) mass is 340 g/mol. The summed E-state index contributed by atoms with van der Waals surface area (Å²) in [6.45, 7) is 6.67. The molecular weight excluding hydrogens is 321 g/mol. The maximum atomic E-state index is 13.0. The van der Waals surface area contributed by atoms with E-state index in [2.05, 4.69) is 9.72 Å². The normalized spacial score (nSPS) is 13.5. The number of aromatic nitrogens is 1. The molecule has 0 aliphatic rings. The van der Waals surface area contributed by atoms with Crippen molar-refractivity contribution < 1.29 is 27.8 Å². The van der Waals surface area contributed by atoms with Gasteiger partial charge in [0.25, 0.3) is 0 Å². The van der Waals surface area contributed by atoms with Crippen molar-refractivity contribution >= 4 is 17.3 Å². The smallest absolute Gasteiger partial charge is 0.435 e. The van der Waals surface area contributed by atoms with Crippen LogP contribution in [0.1, 0.15) is 47.2 Å². The SMILES string of the molecule is CCOC(=O)c1sc(C(O)CN(CC)CC)nc1C(F)(F)F. The average Bonchev–Trinajstić information content (AvgIpc) is 2.90. The quantitative estimate of drug-likeness (QED) is 0.773. The molecule has 0 spiro atoms. The van der Waals surface area contributed by atoms with E-state index in [9.17, 15) is 23.1 Å². The van der Waals surface area contributed by atoms with E-state index in [1.54, 1.807) is 0 Å². The lowest BCUT2D eigenvalue weighted by Crippen LogP contribution is -2.28. The van der Waals surface area contributed by atoms with E-state index >= 15 is 0 Å². The minimum Gasteiger partial charge on any atom is -0.462 e. The van der Waals surface area contributed by atoms with Crippen LogP contribution in [0.25, 0.3) is 0 Å². The zero-order valence-corrected chi connectivity index (χ0v) is 13.4. The van der Waals surface area contributed by atoms with Gasteiger partial charge in [0.15, 0.2) is 5.69 Å². The number of likely N-dealkylation sites (N-methyl/N-ethyl adjacent to an activating group) is 1. The second-order valence-corrected chi connectivity index (χ2v) is 5.48. The number of aliphatic hydroxyl groups is 1. The molecule has 1 rings (SSSR count). The van der Waals surface area contributed by atoms with Crippen molar-refractivity contribution in [2.45, 2.75) is 33.1 Å². The van der Waals surface area contributed by atoms with E-state index < -0.39 is 28.8 Å². The fourth-order valence-electron chi connectivity index (χ4n) is 1.81. The Kier molecular flexibility index (Phi) is 6.76. The van der Waals surface area contributed by atoms with Crippen molar-refractivity contribution in [3.63, 3.8) is 0 Å². The molecule has 0 amide bonds. The fourth-order valence-corrected chi connectivity index (χ4v) is 2.77. The van der Waals surface area contributed by atoms with Crippen molar-refractivity contribution in [3.8, 4) is 0 Å². The highest BCUT2D eigenvalue weighted by Crippen LogP contribution is 2.36. The van der Waals surface area contributed by atoms with Crippen LogP contribution in [0, 0.1) is 0 Å². The van der Waals surface area contributed by atoms with Gasteiger partial charge in [-0.1, -0.05) is 13.8 Å². The highest BCUT2D eigenvalue weighted by molar-refractivity contribution is 7.13. The molecule has 1 aromatic heterocycles. The first-order valence-electron chi connectivity index (χ1n) is 6.89. The summed E-state index contributed by atoms with van der Waals surface area (Å²) in [5.74, 6) is -1.08. The molecule has 1 N–H and O–H groups in total. The highest BCUT2D eigenvalue weighted by Gasteiger charge is 2.40. The predicted molar refractivity (Wildman–Crippen MR) is 75.8 cm³/mol. The second-order valence-electron chi connectivity index (χ2n) is 4.45. The third kappa shape index (κ3) is 4.65. The number of thiazole rings is 1. The van der Waals surface area contributed by atoms with Crippen molar-refractivity contribution in [2.75, 3.05) is 26.2 Å². The van der Waals surface area contributed by atoms with Crippen molar-refractivity contribution in [1.82, 2.24) is 9.88 Å². The number of ether oxygens (including phenoxy) is 1. The van der Waals surface area contributed by atoms with Crippen LogP contribution in [0.3, 0.4) is 0 Å². The Balaban J connectivity index is 3.09. The Morgan fingerprint density at radius 1 is 1.36 bits per heavy atom. The Morgan fingerprint density at radius 3 is 2.41 bits per heavy atom. The van der Waals surface area contributed by atoms with Gasteiger partial charge in [-0.05, 0) is 20.0 Å². The van der Waals surface area contributed by atoms with Crippen molar-refractivity contribution in [2.24, 2.45) is 0 Å². The van der Waals surface area contributed by atoms with Gasteiger partial charge in [-0.3, -0.25) is 0 Å². The first-order valence-corrected chi connectivity index (χ1v) is 7.71. The van der Waals surface area contributed by atoms with Gasteiger partial charge in [-0.2, -0.15) is 13.2 Å². The zero-order valence-electron chi connectivity index (χ0n) is 12.6. The average molecular weight is 340 g/mol. The van der Waals surface area contributed by atoms with Crippen LogP contribution in [-0.2, 0) is 10.9 Å². The summed E-state index contributed by atoms with van der Waals surface area (Å²) < 4.78 is 43.5. The van der Waals surface area contributed by atoms with E-state index in [1.165, 1.54) is 6.92 Å². The molecule has 0 bridgehead atoms. The number of carbonyl (C=O) groups excluding carboxylic acids is 1. The van der Waals surface area contributed by atoms with E-state index in [-0.39, 0.29) is 18.2 Å². The molecule has 126 valence electrons. The summed E-state index contributed by atoms with van der Waals surface area (Å²) in [5.41, 5.74) is -1.30. The minimum absolute atomic E-state index is 0.0363. The molecular formula is C13H19F3N2O3S. The van der Waals surface area contributed by atoms with Crippen LogP contribution in [0.2, 0.25) is 0 Å². The summed E-state index contributed by atoms with van der Waals surface area (Å²) in [6.07, 6.45) is -5.96. The Hall–Kier alpha value is -1.19. The molecule has 0 saturated heterocycles. The molecule has 0 saturated carbocycles. The molecule has 22 heavy (non-hydrogen) atoms. The number of esters is 1. The van der Waals surface area contributed by atoms with Gasteiger partial charge in [0, 0.05) is 6.54 Å². The molecule has 0 fully saturated rings. The summed E-state index contributed by atoms with van der Waals surface area (Å²) in [7, 11) is 0. The summed E-state index contributed by atoms with van der Waals surface area (Å²) >= 11 is 0.523. The first kappa shape index (κ1) is 18.9. The van der Waals surface area contributed by atoms with Gasteiger partial charge in [0.2, 0.25) is 0 Å². The molecule has 0 aliphatic heterocycles. The van der Waals surface area contributed by atoms with Crippen LogP contribution >= 0.6 is 11.3 Å². The molecule has 1 heterocycles.